The average Bonchev–Trinajstić information content (AvgIpc) is 3.08. The first-order valence-electron chi connectivity index (χ1n) is 8.40. The number of esters is 1. The van der Waals surface area contributed by atoms with Gasteiger partial charge in [0.1, 0.15) is 0 Å². The quantitative estimate of drug-likeness (QED) is 0.483. The molecule has 1 unspecified atom stereocenters. The summed E-state index contributed by atoms with van der Waals surface area (Å²) in [6, 6.07) is 0. The first-order valence-corrected chi connectivity index (χ1v) is 8.40. The molecule has 0 bridgehead atoms. The van der Waals surface area contributed by atoms with Crippen molar-refractivity contribution in [2.24, 2.45) is 10.9 Å². The molecule has 0 saturated carbocycles. The van der Waals surface area contributed by atoms with Crippen LogP contribution in [0.15, 0.2) is 23.7 Å². The van der Waals surface area contributed by atoms with E-state index in [1.807, 2.05) is 17.7 Å². The van der Waals surface area contributed by atoms with Gasteiger partial charge in [-0.25, -0.2) is 4.98 Å². The summed E-state index contributed by atoms with van der Waals surface area (Å²) in [5.41, 5.74) is 0. The Morgan fingerprint density at radius 1 is 1.48 bits per heavy atom. The van der Waals surface area contributed by atoms with Crippen LogP contribution in [0.5, 0.6) is 0 Å². The summed E-state index contributed by atoms with van der Waals surface area (Å²) in [6.45, 7) is 8.23. The second-order valence-corrected chi connectivity index (χ2v) is 5.57. The third kappa shape index (κ3) is 5.26. The summed E-state index contributed by atoms with van der Waals surface area (Å²) in [6.07, 6.45) is 7.36. The fourth-order valence-corrected chi connectivity index (χ4v) is 2.74. The van der Waals surface area contributed by atoms with Crippen molar-refractivity contribution >= 4 is 11.9 Å². The molecule has 1 N–H and O–H groups in total. The highest BCUT2D eigenvalue weighted by molar-refractivity contribution is 5.81. The molecule has 1 aliphatic heterocycles. The number of guanidine groups is 1. The van der Waals surface area contributed by atoms with Crippen LogP contribution in [0.4, 0.5) is 0 Å². The molecule has 0 spiro atoms. The van der Waals surface area contributed by atoms with Crippen LogP contribution in [0.2, 0.25) is 0 Å². The Hall–Kier alpha value is -2.05. The number of aliphatic imine (C=N–C) groups is 1. The van der Waals surface area contributed by atoms with Crippen molar-refractivity contribution in [3.8, 4) is 0 Å². The van der Waals surface area contributed by atoms with Gasteiger partial charge in [0.05, 0.1) is 25.4 Å². The molecule has 7 heteroatoms. The zero-order chi connectivity index (χ0) is 16.5. The second-order valence-electron chi connectivity index (χ2n) is 5.57. The minimum Gasteiger partial charge on any atom is -0.466 e. The largest absolute Gasteiger partial charge is 0.466 e. The van der Waals surface area contributed by atoms with Gasteiger partial charge in [0.2, 0.25) is 0 Å². The third-order valence-corrected chi connectivity index (χ3v) is 3.85. The summed E-state index contributed by atoms with van der Waals surface area (Å²) in [4.78, 5) is 22.9. The van der Waals surface area contributed by atoms with Gasteiger partial charge in [0.15, 0.2) is 5.96 Å². The number of nitrogens with zero attached hydrogens (tertiary/aromatic N) is 4. The number of likely N-dealkylation sites (tertiary alicyclic amines) is 1. The fraction of sp³-hybridized carbons (Fsp3) is 0.688. The van der Waals surface area contributed by atoms with Crippen LogP contribution >= 0.6 is 0 Å². The first-order chi connectivity index (χ1) is 11.2. The number of rotatable bonds is 6. The number of piperidine rings is 1. The third-order valence-electron chi connectivity index (χ3n) is 3.85. The van der Waals surface area contributed by atoms with Crippen LogP contribution in [0.1, 0.15) is 26.7 Å². The molecule has 0 aromatic carbocycles. The van der Waals surface area contributed by atoms with Gasteiger partial charge in [-0.15, -0.1) is 0 Å². The lowest BCUT2D eigenvalue weighted by atomic mass is 9.98. The highest BCUT2D eigenvalue weighted by Crippen LogP contribution is 2.18. The summed E-state index contributed by atoms with van der Waals surface area (Å²) in [5, 5.41) is 3.32. The number of imidazole rings is 1. The number of carbonyl (C=O) groups is 1. The van der Waals surface area contributed by atoms with E-state index in [1.165, 1.54) is 0 Å². The first kappa shape index (κ1) is 17.3. The van der Waals surface area contributed by atoms with Crippen LogP contribution in [-0.4, -0.2) is 59.2 Å². The number of hydrogen-bond donors (Lipinski definition) is 1. The van der Waals surface area contributed by atoms with Crippen molar-refractivity contribution in [2.75, 3.05) is 32.8 Å². The molecule has 7 nitrogen and oxygen atoms in total. The van der Waals surface area contributed by atoms with E-state index in [4.69, 9.17) is 4.74 Å². The molecule has 0 radical (unpaired) electrons. The van der Waals surface area contributed by atoms with E-state index in [-0.39, 0.29) is 11.9 Å². The van der Waals surface area contributed by atoms with Crippen LogP contribution < -0.4 is 5.32 Å². The summed E-state index contributed by atoms with van der Waals surface area (Å²) >= 11 is 0. The van der Waals surface area contributed by atoms with Crippen molar-refractivity contribution in [3.05, 3.63) is 18.7 Å². The maximum Gasteiger partial charge on any atom is 0.310 e. The predicted octanol–water partition coefficient (Wildman–Crippen LogP) is 1.12. The van der Waals surface area contributed by atoms with E-state index in [2.05, 4.69) is 27.1 Å². The van der Waals surface area contributed by atoms with E-state index >= 15 is 0 Å². The van der Waals surface area contributed by atoms with Gasteiger partial charge in [-0.1, -0.05) is 0 Å². The van der Waals surface area contributed by atoms with Gasteiger partial charge in [0, 0.05) is 38.6 Å². The van der Waals surface area contributed by atoms with Crippen LogP contribution in [0.25, 0.3) is 0 Å². The SMILES string of the molecule is CCNC(=NCCn1ccnc1)N1CCCC(C(=O)OCC)C1. The molecular formula is C16H27N5O2. The molecule has 1 aromatic heterocycles. The molecule has 1 fully saturated rings. The van der Waals surface area contributed by atoms with Gasteiger partial charge in [-0.2, -0.15) is 0 Å². The Morgan fingerprint density at radius 3 is 3.04 bits per heavy atom. The van der Waals surface area contributed by atoms with Gasteiger partial charge in [0.25, 0.3) is 0 Å². The fourth-order valence-electron chi connectivity index (χ4n) is 2.74. The normalized spacial score (nSPS) is 18.8. The molecule has 1 saturated heterocycles. The van der Waals surface area contributed by atoms with Crippen molar-refractivity contribution in [1.82, 2.24) is 19.8 Å². The van der Waals surface area contributed by atoms with Crippen molar-refractivity contribution in [3.63, 3.8) is 0 Å². The Balaban J connectivity index is 1.93. The maximum absolute atomic E-state index is 12.0. The standard InChI is InChI=1S/C16H27N5O2/c1-3-18-16(19-8-11-20-10-7-17-13-20)21-9-5-6-14(12-21)15(22)23-4-2/h7,10,13-14H,3-6,8-9,11-12H2,1-2H3,(H,18,19). The van der Waals surface area contributed by atoms with E-state index in [0.29, 0.717) is 19.7 Å². The predicted molar refractivity (Wildman–Crippen MR) is 89.1 cm³/mol. The molecule has 2 heterocycles. The van der Waals surface area contributed by atoms with E-state index < -0.39 is 0 Å². The Bertz CT molecular complexity index is 501. The molecule has 23 heavy (non-hydrogen) atoms. The Labute approximate surface area is 137 Å². The molecule has 1 aliphatic rings. The highest BCUT2D eigenvalue weighted by Gasteiger charge is 2.28. The lowest BCUT2D eigenvalue weighted by Crippen LogP contribution is -2.48. The minimum atomic E-state index is -0.0912. The van der Waals surface area contributed by atoms with Crippen molar-refractivity contribution in [2.45, 2.75) is 33.2 Å². The summed E-state index contributed by atoms with van der Waals surface area (Å²) in [7, 11) is 0. The highest BCUT2D eigenvalue weighted by atomic mass is 16.5. The van der Waals surface area contributed by atoms with Gasteiger partial charge in [-0.05, 0) is 26.7 Å². The second kappa shape index (κ2) is 9.17. The average molecular weight is 321 g/mol. The smallest absolute Gasteiger partial charge is 0.310 e. The summed E-state index contributed by atoms with van der Waals surface area (Å²) in [5.74, 6) is 0.731. The monoisotopic (exact) mass is 321 g/mol. The van der Waals surface area contributed by atoms with E-state index in [1.54, 1.807) is 12.5 Å². The van der Waals surface area contributed by atoms with E-state index in [9.17, 15) is 4.79 Å². The lowest BCUT2D eigenvalue weighted by Gasteiger charge is -2.34. The molecule has 1 atom stereocenters. The van der Waals surface area contributed by atoms with Crippen molar-refractivity contribution < 1.29 is 9.53 Å². The van der Waals surface area contributed by atoms with Gasteiger partial charge >= 0.3 is 5.97 Å². The minimum absolute atomic E-state index is 0.0544. The van der Waals surface area contributed by atoms with E-state index in [0.717, 1.165) is 38.4 Å². The van der Waals surface area contributed by atoms with Crippen LogP contribution in [-0.2, 0) is 16.1 Å². The Kier molecular flexibility index (Phi) is 6.90. The summed E-state index contributed by atoms with van der Waals surface area (Å²) < 4.78 is 7.17. The van der Waals surface area contributed by atoms with Crippen LogP contribution in [0, 0.1) is 5.92 Å². The zero-order valence-electron chi connectivity index (χ0n) is 14.1. The molecule has 0 amide bonds. The number of ether oxygens (including phenoxy) is 1. The van der Waals surface area contributed by atoms with Crippen molar-refractivity contribution in [1.29, 1.82) is 0 Å². The molecule has 1 aromatic rings. The van der Waals surface area contributed by atoms with Gasteiger partial charge < -0.3 is 19.5 Å². The molecule has 128 valence electrons. The maximum atomic E-state index is 12.0. The lowest BCUT2D eigenvalue weighted by molar-refractivity contribution is -0.149. The van der Waals surface area contributed by atoms with Crippen LogP contribution in [0.3, 0.4) is 0 Å². The molecular weight excluding hydrogens is 294 g/mol. The molecule has 2 rings (SSSR count). The number of nitrogens with one attached hydrogen (secondary N) is 1. The zero-order valence-corrected chi connectivity index (χ0v) is 14.1. The van der Waals surface area contributed by atoms with Gasteiger partial charge in [-0.3, -0.25) is 9.79 Å². The number of aromatic nitrogens is 2. The number of hydrogen-bond acceptors (Lipinski definition) is 4. The number of carbonyl (C=O) groups excluding carboxylic acids is 1. The topological polar surface area (TPSA) is 71.8 Å². The molecule has 0 aliphatic carbocycles. The Morgan fingerprint density at radius 2 is 2.35 bits per heavy atom.